The maximum atomic E-state index is 12.8. The zero-order valence-corrected chi connectivity index (χ0v) is 13.5. The van der Waals surface area contributed by atoms with Crippen LogP contribution in [-0.4, -0.2) is 45.5 Å². The van der Waals surface area contributed by atoms with Gasteiger partial charge in [0.05, 0.1) is 0 Å². The first-order chi connectivity index (χ1) is 10.6. The normalized spacial score (nSPS) is 24.9. The van der Waals surface area contributed by atoms with E-state index in [-0.39, 0.29) is 23.3 Å². The van der Waals surface area contributed by atoms with Gasteiger partial charge in [-0.15, -0.1) is 0 Å². The summed E-state index contributed by atoms with van der Waals surface area (Å²) < 4.78 is 5.54. The third kappa shape index (κ3) is 2.76. The van der Waals surface area contributed by atoms with Gasteiger partial charge in [-0.05, 0) is 12.8 Å². The zero-order chi connectivity index (χ0) is 15.7. The number of carboxylic acid groups (broad SMARTS) is 1. The fourth-order valence-corrected chi connectivity index (χ4v) is 4.91. The molecule has 2 atom stereocenters. The molecule has 1 aromatic heterocycles. The molecule has 3 rings (SSSR count). The van der Waals surface area contributed by atoms with E-state index in [4.69, 9.17) is 4.42 Å². The number of aromatic carboxylic acids is 1. The zero-order valence-electron chi connectivity index (χ0n) is 12.7. The second-order valence-corrected chi connectivity index (χ2v) is 7.21. The topological polar surface area (TPSA) is 70.8 Å². The predicted molar refractivity (Wildman–Crippen MR) is 84.6 cm³/mol. The first-order valence-corrected chi connectivity index (χ1v) is 8.95. The van der Waals surface area contributed by atoms with Gasteiger partial charge in [0.25, 0.3) is 5.91 Å². The van der Waals surface area contributed by atoms with Crippen molar-refractivity contribution >= 4 is 23.6 Å². The van der Waals surface area contributed by atoms with Crippen molar-refractivity contribution < 1.29 is 19.1 Å². The van der Waals surface area contributed by atoms with Gasteiger partial charge in [-0.25, -0.2) is 4.79 Å². The average Bonchev–Trinajstić information content (AvgIpc) is 2.98. The van der Waals surface area contributed by atoms with E-state index < -0.39 is 5.97 Å². The van der Waals surface area contributed by atoms with Crippen LogP contribution in [0.5, 0.6) is 0 Å². The van der Waals surface area contributed by atoms with Crippen molar-refractivity contribution in [1.29, 1.82) is 0 Å². The van der Waals surface area contributed by atoms with E-state index >= 15 is 0 Å². The Hall–Kier alpha value is -1.43. The highest BCUT2D eigenvalue weighted by Gasteiger charge is 2.37. The maximum Gasteiger partial charge on any atom is 0.339 e. The van der Waals surface area contributed by atoms with Crippen LogP contribution in [0.3, 0.4) is 0 Å². The molecule has 1 aromatic rings. The van der Waals surface area contributed by atoms with E-state index in [1.165, 1.54) is 12.5 Å². The van der Waals surface area contributed by atoms with Crippen molar-refractivity contribution in [1.82, 2.24) is 4.90 Å². The summed E-state index contributed by atoms with van der Waals surface area (Å²) in [5, 5.41) is 9.72. The van der Waals surface area contributed by atoms with Gasteiger partial charge >= 0.3 is 5.97 Å². The summed E-state index contributed by atoms with van der Waals surface area (Å²) in [6.07, 6.45) is 5.07. The van der Waals surface area contributed by atoms with Crippen LogP contribution in [0.2, 0.25) is 0 Å². The maximum absolute atomic E-state index is 12.8. The molecule has 0 spiro atoms. The van der Waals surface area contributed by atoms with Gasteiger partial charge in [-0.1, -0.05) is 19.8 Å². The van der Waals surface area contributed by atoms with Gasteiger partial charge < -0.3 is 14.4 Å². The summed E-state index contributed by atoms with van der Waals surface area (Å²) in [6.45, 7) is 2.55. The number of fused-ring (bicyclic) bond motifs is 1. The Morgan fingerprint density at radius 2 is 2.18 bits per heavy atom. The van der Waals surface area contributed by atoms with Gasteiger partial charge in [0.2, 0.25) is 0 Å². The van der Waals surface area contributed by atoms with E-state index in [2.05, 4.69) is 0 Å². The number of hydrogen-bond donors (Lipinski definition) is 1. The number of thioether (sulfide) groups is 1. The second kappa shape index (κ2) is 6.36. The molecule has 2 heterocycles. The van der Waals surface area contributed by atoms with Crippen molar-refractivity contribution in [3.8, 4) is 0 Å². The van der Waals surface area contributed by atoms with Crippen LogP contribution in [0.1, 0.15) is 59.3 Å². The highest BCUT2D eigenvalue weighted by Crippen LogP contribution is 2.36. The molecule has 1 aliphatic heterocycles. The van der Waals surface area contributed by atoms with Gasteiger partial charge in [0.1, 0.15) is 11.3 Å². The third-order valence-corrected chi connectivity index (χ3v) is 5.96. The molecule has 1 aliphatic carbocycles. The first-order valence-electron chi connectivity index (χ1n) is 7.90. The van der Waals surface area contributed by atoms with Crippen LogP contribution < -0.4 is 0 Å². The van der Waals surface area contributed by atoms with Crippen LogP contribution in [-0.2, 0) is 6.42 Å². The van der Waals surface area contributed by atoms with Gasteiger partial charge in [-0.2, -0.15) is 11.8 Å². The van der Waals surface area contributed by atoms with Gasteiger partial charge in [0.15, 0.2) is 5.76 Å². The monoisotopic (exact) mass is 323 g/mol. The molecule has 0 aromatic carbocycles. The van der Waals surface area contributed by atoms with Gasteiger partial charge in [0, 0.05) is 36.1 Å². The summed E-state index contributed by atoms with van der Waals surface area (Å²) in [6, 6.07) is 1.66. The van der Waals surface area contributed by atoms with Crippen LogP contribution in [0.25, 0.3) is 0 Å². The largest absolute Gasteiger partial charge is 0.478 e. The Labute approximate surface area is 134 Å². The molecule has 1 saturated carbocycles. The molecule has 0 radical (unpaired) electrons. The lowest BCUT2D eigenvalue weighted by Crippen LogP contribution is -2.51. The predicted octanol–water partition coefficient (Wildman–Crippen LogP) is 3.04. The molecule has 2 aliphatic rings. The lowest BCUT2D eigenvalue weighted by atomic mass is 9.93. The smallest absolute Gasteiger partial charge is 0.339 e. The molecule has 2 fully saturated rings. The van der Waals surface area contributed by atoms with Crippen LogP contribution >= 0.6 is 11.8 Å². The Morgan fingerprint density at radius 3 is 2.86 bits per heavy atom. The van der Waals surface area contributed by atoms with Crippen molar-refractivity contribution in [2.45, 2.75) is 50.3 Å². The minimum atomic E-state index is -1.04. The molecule has 120 valence electrons. The number of rotatable bonds is 3. The van der Waals surface area contributed by atoms with Crippen molar-refractivity contribution in [2.75, 3.05) is 12.3 Å². The van der Waals surface area contributed by atoms with Crippen LogP contribution in [0, 0.1) is 0 Å². The number of carboxylic acids is 1. The standard InChI is InChI=1S/C16H21NO4S/c1-2-12-10(16(19)20)9-13(21-12)15(18)17-7-8-22-14-6-4-3-5-11(14)17/h9,11,14H,2-8H2,1H3,(H,19,20). The summed E-state index contributed by atoms with van der Waals surface area (Å²) in [5.74, 6) is 0.303. The van der Waals surface area contributed by atoms with Crippen molar-refractivity contribution in [3.05, 3.63) is 23.2 Å². The minimum absolute atomic E-state index is 0.109. The summed E-state index contributed by atoms with van der Waals surface area (Å²) in [5.41, 5.74) is 0.109. The lowest BCUT2D eigenvalue weighted by Gasteiger charge is -2.43. The number of aryl methyl sites for hydroxylation is 1. The SMILES string of the molecule is CCc1oc(C(=O)N2CCSC3CCCCC32)cc1C(=O)O. The summed E-state index contributed by atoms with van der Waals surface area (Å²) in [7, 11) is 0. The molecule has 1 saturated heterocycles. The quantitative estimate of drug-likeness (QED) is 0.926. The number of carbonyl (C=O) groups is 2. The highest BCUT2D eigenvalue weighted by atomic mass is 32.2. The van der Waals surface area contributed by atoms with E-state index in [0.29, 0.717) is 17.4 Å². The van der Waals surface area contributed by atoms with Gasteiger partial charge in [-0.3, -0.25) is 4.79 Å². The molecule has 1 N–H and O–H groups in total. The number of nitrogens with zero attached hydrogens (tertiary/aromatic N) is 1. The molecule has 6 heteroatoms. The Balaban J connectivity index is 1.85. The highest BCUT2D eigenvalue weighted by molar-refractivity contribution is 8.00. The molecule has 2 unspecified atom stereocenters. The molecule has 5 nitrogen and oxygen atoms in total. The van der Waals surface area contributed by atoms with E-state index in [1.807, 2.05) is 23.6 Å². The summed E-state index contributed by atoms with van der Waals surface area (Å²) >= 11 is 1.96. The molecule has 1 amide bonds. The van der Waals surface area contributed by atoms with Crippen LogP contribution in [0.4, 0.5) is 0 Å². The van der Waals surface area contributed by atoms with E-state index in [1.54, 1.807) is 0 Å². The molecule has 0 bridgehead atoms. The average molecular weight is 323 g/mol. The van der Waals surface area contributed by atoms with Crippen LogP contribution in [0.15, 0.2) is 10.5 Å². The van der Waals surface area contributed by atoms with Crippen molar-refractivity contribution in [3.63, 3.8) is 0 Å². The first kappa shape index (κ1) is 15.5. The van der Waals surface area contributed by atoms with E-state index in [0.717, 1.165) is 31.6 Å². The number of carbonyl (C=O) groups excluding carboxylic acids is 1. The second-order valence-electron chi connectivity index (χ2n) is 5.87. The number of amides is 1. The summed E-state index contributed by atoms with van der Waals surface area (Å²) in [4.78, 5) is 25.9. The van der Waals surface area contributed by atoms with Crippen molar-refractivity contribution in [2.24, 2.45) is 0 Å². The molecular formula is C16H21NO4S. The Bertz CT molecular complexity index is 581. The van der Waals surface area contributed by atoms with E-state index in [9.17, 15) is 14.7 Å². The molecule has 22 heavy (non-hydrogen) atoms. The number of hydrogen-bond acceptors (Lipinski definition) is 4. The lowest BCUT2D eigenvalue weighted by molar-refractivity contribution is 0.0611. The Morgan fingerprint density at radius 1 is 1.41 bits per heavy atom. The fourth-order valence-electron chi connectivity index (χ4n) is 3.47. The Kier molecular flexibility index (Phi) is 4.47. The fraction of sp³-hybridized carbons (Fsp3) is 0.625. The molecular weight excluding hydrogens is 302 g/mol. The third-order valence-electron chi connectivity index (χ3n) is 4.56. The number of furan rings is 1. The minimum Gasteiger partial charge on any atom is -0.478 e.